The fourth-order valence-electron chi connectivity index (χ4n) is 5.94. The fraction of sp³-hybridized carbons (Fsp3) is 0.378. The number of hydrogen-bond acceptors (Lipinski definition) is 8. The quantitative estimate of drug-likeness (QED) is 0.231. The molecule has 3 atom stereocenters. The van der Waals surface area contributed by atoms with E-state index in [1.54, 1.807) is 20.9 Å². The minimum absolute atomic E-state index is 0.0176. The Morgan fingerprint density at radius 3 is 1.89 bits per heavy atom. The molecule has 1 aliphatic heterocycles. The number of likely N-dealkylation sites (N-methyl/N-ethyl adjacent to an activating group) is 1. The lowest BCUT2D eigenvalue weighted by Crippen LogP contribution is -2.61. The number of carbonyl (C=O) groups is 5. The highest BCUT2D eigenvalue weighted by Crippen LogP contribution is 2.26. The van der Waals surface area contributed by atoms with Gasteiger partial charge in [-0.05, 0) is 78.5 Å². The summed E-state index contributed by atoms with van der Waals surface area (Å²) in [6.07, 6.45) is -5.69. The second-order valence-corrected chi connectivity index (χ2v) is 15.8. The van der Waals surface area contributed by atoms with Crippen LogP contribution in [0.25, 0.3) is 0 Å². The average molecular weight is 792 g/mol. The normalized spacial score (nSPS) is 15.9. The lowest BCUT2D eigenvalue weighted by atomic mass is 9.95. The molecule has 17 heteroatoms. The molecule has 3 aromatic carbocycles. The third-order valence-electron chi connectivity index (χ3n) is 8.93. The molecule has 0 bridgehead atoms. The van der Waals surface area contributed by atoms with Crippen LogP contribution >= 0.6 is 11.6 Å². The van der Waals surface area contributed by atoms with Crippen molar-refractivity contribution in [3.63, 3.8) is 0 Å². The molecule has 0 fully saturated rings. The molecule has 4 rings (SSSR count). The molecule has 2 unspecified atom stereocenters. The van der Waals surface area contributed by atoms with Gasteiger partial charge in [0, 0.05) is 29.1 Å². The zero-order valence-electron chi connectivity index (χ0n) is 30.1. The summed E-state index contributed by atoms with van der Waals surface area (Å²) in [4.78, 5) is 69.1. The topological polar surface area (TPSA) is 162 Å². The van der Waals surface area contributed by atoms with Gasteiger partial charge in [-0.15, -0.1) is 0 Å². The van der Waals surface area contributed by atoms with Crippen LogP contribution in [0.3, 0.4) is 0 Å². The molecule has 0 saturated heterocycles. The molecule has 0 aromatic heterocycles. The second kappa shape index (κ2) is 17.1. The van der Waals surface area contributed by atoms with Gasteiger partial charge in [0.05, 0.1) is 17.1 Å². The molecular formula is C37H41ClF3N5O7S. The van der Waals surface area contributed by atoms with Crippen molar-refractivity contribution in [2.45, 2.75) is 70.0 Å². The zero-order valence-corrected chi connectivity index (χ0v) is 31.7. The van der Waals surface area contributed by atoms with Crippen molar-refractivity contribution < 1.29 is 45.6 Å². The number of nitrogens with one attached hydrogen (secondary N) is 3. The molecule has 1 heterocycles. The Hall–Kier alpha value is -4.80. The Morgan fingerprint density at radius 2 is 1.35 bits per heavy atom. The molecule has 3 N–H and O–H groups in total. The fourth-order valence-corrected chi connectivity index (χ4v) is 7.04. The number of nitrogens with zero attached hydrogens (tertiary/aromatic N) is 2. The maximum Gasteiger partial charge on any atom is 0.452 e. The van der Waals surface area contributed by atoms with Crippen molar-refractivity contribution in [1.82, 2.24) is 25.2 Å². The van der Waals surface area contributed by atoms with E-state index in [1.165, 1.54) is 67.3 Å². The number of rotatable bonds is 13. The number of Topliss-reactive ketones (excluding diaryl/α,β-unsaturated/α-hetero) is 1. The molecule has 1 aliphatic rings. The highest BCUT2D eigenvalue weighted by atomic mass is 35.5. The molecule has 12 nitrogen and oxygen atoms in total. The largest absolute Gasteiger partial charge is 0.452 e. The van der Waals surface area contributed by atoms with Crippen LogP contribution in [0.5, 0.6) is 0 Å². The van der Waals surface area contributed by atoms with E-state index in [0.29, 0.717) is 11.6 Å². The summed E-state index contributed by atoms with van der Waals surface area (Å²) in [5.41, 5.74) is 1.81. The van der Waals surface area contributed by atoms with Crippen LogP contribution in [-0.4, -0.2) is 85.6 Å². The minimum atomic E-state index is -5.20. The van der Waals surface area contributed by atoms with Crippen LogP contribution < -0.4 is 15.4 Å². The van der Waals surface area contributed by atoms with Crippen LogP contribution in [0, 0.1) is 11.8 Å². The van der Waals surface area contributed by atoms with Crippen molar-refractivity contribution >= 4 is 51.0 Å². The zero-order chi connectivity index (χ0) is 40.1. The van der Waals surface area contributed by atoms with E-state index in [2.05, 4.69) is 10.6 Å². The number of alkyl halides is 3. The van der Waals surface area contributed by atoms with E-state index < -0.39 is 82.2 Å². The molecule has 290 valence electrons. The van der Waals surface area contributed by atoms with E-state index in [-0.39, 0.29) is 22.4 Å². The van der Waals surface area contributed by atoms with E-state index >= 15 is 0 Å². The van der Waals surface area contributed by atoms with Gasteiger partial charge in [0.25, 0.3) is 27.6 Å². The number of carbonyl (C=O) groups excluding carboxylic acids is 5. The standard InChI is InChI=1S/C37H41ClF3N5O7S/c1-21(2)31(33(48)37(39,40)41)42-29(47)20-46(30-18-25-8-6-7-9-26(25)19-45(30)5)36(51)32(22(3)4)43-34(49)23-10-12-24(13-11-23)35(50)44-54(52,53)28-16-14-27(38)15-17-28/h6-17,21-22,30-32H,18-20H2,1-5H3,(H,42,47)(H,43,49)(H,44,50)/t30?,31?,32-/m0/s1. The molecule has 0 saturated carbocycles. The third kappa shape index (κ3) is 10.2. The minimum Gasteiger partial charge on any atom is -0.344 e. The maximum atomic E-state index is 14.4. The molecule has 54 heavy (non-hydrogen) atoms. The summed E-state index contributed by atoms with van der Waals surface area (Å²) in [7, 11) is -2.51. The van der Waals surface area contributed by atoms with Gasteiger partial charge in [-0.3, -0.25) is 28.9 Å². The highest BCUT2D eigenvalue weighted by molar-refractivity contribution is 7.90. The van der Waals surface area contributed by atoms with Crippen molar-refractivity contribution in [3.8, 4) is 0 Å². The number of amides is 4. The van der Waals surface area contributed by atoms with Crippen molar-refractivity contribution in [3.05, 3.63) is 100 Å². The Labute approximate surface area is 316 Å². The maximum absolute atomic E-state index is 14.4. The number of benzene rings is 3. The van der Waals surface area contributed by atoms with Gasteiger partial charge in [0.15, 0.2) is 0 Å². The predicted molar refractivity (Wildman–Crippen MR) is 194 cm³/mol. The van der Waals surface area contributed by atoms with E-state index in [0.717, 1.165) is 11.1 Å². The van der Waals surface area contributed by atoms with Gasteiger partial charge in [0.2, 0.25) is 11.8 Å². The van der Waals surface area contributed by atoms with Gasteiger partial charge >= 0.3 is 6.18 Å². The predicted octanol–water partition coefficient (Wildman–Crippen LogP) is 4.33. The van der Waals surface area contributed by atoms with Gasteiger partial charge in [-0.2, -0.15) is 13.2 Å². The van der Waals surface area contributed by atoms with Crippen molar-refractivity contribution in [2.24, 2.45) is 11.8 Å². The average Bonchev–Trinajstić information content (AvgIpc) is 3.10. The molecule has 4 amide bonds. The molecule has 3 aromatic rings. The highest BCUT2D eigenvalue weighted by Gasteiger charge is 2.45. The molecule has 0 radical (unpaired) electrons. The second-order valence-electron chi connectivity index (χ2n) is 13.6. The van der Waals surface area contributed by atoms with Crippen molar-refractivity contribution in [1.29, 1.82) is 0 Å². The number of hydrogen-bond donors (Lipinski definition) is 3. The van der Waals surface area contributed by atoms with Crippen LogP contribution in [0.4, 0.5) is 13.2 Å². The first kappa shape index (κ1) is 41.9. The van der Waals surface area contributed by atoms with Crippen molar-refractivity contribution in [2.75, 3.05) is 13.6 Å². The third-order valence-corrected chi connectivity index (χ3v) is 10.5. The molecule has 0 aliphatic carbocycles. The number of halogens is 4. The van der Waals surface area contributed by atoms with Gasteiger partial charge in [-0.25, -0.2) is 13.1 Å². The Bertz CT molecular complexity index is 1990. The number of ketones is 1. The Morgan fingerprint density at radius 1 is 0.815 bits per heavy atom. The van der Waals surface area contributed by atoms with E-state index in [1.807, 2.05) is 33.9 Å². The van der Waals surface area contributed by atoms with Gasteiger partial charge in [0.1, 0.15) is 12.6 Å². The van der Waals surface area contributed by atoms with Crippen LogP contribution in [0.15, 0.2) is 77.7 Å². The van der Waals surface area contributed by atoms with Gasteiger partial charge < -0.3 is 15.5 Å². The molecule has 0 spiro atoms. The number of sulfonamides is 1. The lowest BCUT2D eigenvalue weighted by molar-refractivity contribution is -0.175. The summed E-state index contributed by atoms with van der Waals surface area (Å²) in [5.74, 6) is -6.97. The summed E-state index contributed by atoms with van der Waals surface area (Å²) < 4.78 is 67.4. The van der Waals surface area contributed by atoms with Gasteiger partial charge in [-0.1, -0.05) is 63.6 Å². The van der Waals surface area contributed by atoms with Crippen LogP contribution in [0.2, 0.25) is 5.02 Å². The van der Waals surface area contributed by atoms with E-state index in [9.17, 15) is 45.6 Å². The summed E-state index contributed by atoms with van der Waals surface area (Å²) in [5, 5.41) is 5.15. The van der Waals surface area contributed by atoms with E-state index in [4.69, 9.17) is 11.6 Å². The SMILES string of the molecule is CC(C)C(NC(=O)CN(C(=O)[C@@H](NC(=O)c1ccc(C(=O)NS(=O)(=O)c2ccc(Cl)cc2)cc1)C(C)C)C1Cc2ccccc2CN1C)C(=O)C(F)(F)F. The van der Waals surface area contributed by atoms with Crippen LogP contribution in [0.1, 0.15) is 59.5 Å². The summed E-state index contributed by atoms with van der Waals surface area (Å²) >= 11 is 5.82. The summed E-state index contributed by atoms with van der Waals surface area (Å²) in [6.45, 7) is 5.70. The Kier molecular flexibility index (Phi) is 13.3. The first-order valence-corrected chi connectivity index (χ1v) is 18.8. The Balaban J connectivity index is 1.56. The first-order valence-electron chi connectivity index (χ1n) is 16.9. The lowest BCUT2D eigenvalue weighted by Gasteiger charge is -2.43. The summed E-state index contributed by atoms with van der Waals surface area (Å²) in [6, 6.07) is 14.5. The number of fused-ring (bicyclic) bond motifs is 1. The monoisotopic (exact) mass is 791 g/mol. The molecular weight excluding hydrogens is 751 g/mol. The van der Waals surface area contributed by atoms with Crippen LogP contribution in [-0.2, 0) is 37.4 Å². The first-order chi connectivity index (χ1) is 25.2. The smallest absolute Gasteiger partial charge is 0.344 e.